The van der Waals surface area contributed by atoms with Gasteiger partial charge in [-0.25, -0.2) is 0 Å². The highest BCUT2D eigenvalue weighted by molar-refractivity contribution is 7.16. The normalized spacial score (nSPS) is 11.8. The Hall–Kier alpha value is -3.33. The molecule has 0 unspecified atom stereocenters. The first-order chi connectivity index (χ1) is 13.8. The van der Waals surface area contributed by atoms with Gasteiger partial charge in [0, 0.05) is 6.07 Å². The summed E-state index contributed by atoms with van der Waals surface area (Å²) in [5.41, 5.74) is 1.42. The fourth-order valence-electron chi connectivity index (χ4n) is 2.84. The summed E-state index contributed by atoms with van der Waals surface area (Å²) in [6.45, 7) is 4.02. The number of nitrogens with zero attached hydrogens (tertiary/aromatic N) is 3. The number of carbonyl (C=O) groups is 2. The van der Waals surface area contributed by atoms with E-state index >= 15 is 0 Å². The van der Waals surface area contributed by atoms with Crippen LogP contribution in [0.25, 0.3) is 10.2 Å². The predicted molar refractivity (Wildman–Crippen MR) is 109 cm³/mol. The third-order valence-corrected chi connectivity index (χ3v) is 5.46. The van der Waals surface area contributed by atoms with Crippen molar-refractivity contribution in [1.29, 1.82) is 0 Å². The van der Waals surface area contributed by atoms with Crippen LogP contribution in [-0.2, 0) is 16.1 Å². The Labute approximate surface area is 170 Å². The van der Waals surface area contributed by atoms with Gasteiger partial charge >= 0.3 is 5.97 Å². The number of aromatic nitrogens is 1. The van der Waals surface area contributed by atoms with E-state index < -0.39 is 16.8 Å². The summed E-state index contributed by atoms with van der Waals surface area (Å²) in [5, 5.41) is 11.2. The second kappa shape index (κ2) is 8.36. The van der Waals surface area contributed by atoms with Gasteiger partial charge in [0.25, 0.3) is 11.6 Å². The van der Waals surface area contributed by atoms with Crippen molar-refractivity contribution < 1.29 is 19.2 Å². The summed E-state index contributed by atoms with van der Waals surface area (Å²) in [6.07, 6.45) is 0. The van der Waals surface area contributed by atoms with E-state index in [4.69, 9.17) is 4.74 Å². The predicted octanol–water partition coefficient (Wildman–Crippen LogP) is 3.65. The van der Waals surface area contributed by atoms with Crippen LogP contribution in [0, 0.1) is 10.1 Å². The molecule has 29 heavy (non-hydrogen) atoms. The van der Waals surface area contributed by atoms with Crippen LogP contribution < -0.4 is 4.80 Å². The molecular weight excluding hydrogens is 394 g/mol. The van der Waals surface area contributed by atoms with Crippen LogP contribution in [0.3, 0.4) is 0 Å². The van der Waals surface area contributed by atoms with Crippen molar-refractivity contribution in [3.63, 3.8) is 0 Å². The van der Waals surface area contributed by atoms with Crippen LogP contribution in [0.2, 0.25) is 0 Å². The van der Waals surface area contributed by atoms with Crippen molar-refractivity contribution in [2.45, 2.75) is 26.3 Å². The number of benzene rings is 2. The molecule has 0 aliphatic carbocycles. The molecular formula is C20H19N3O5S. The quantitative estimate of drug-likeness (QED) is 0.361. The average Bonchev–Trinajstić information content (AvgIpc) is 3.03. The second-order valence-corrected chi connectivity index (χ2v) is 7.63. The molecule has 0 radical (unpaired) electrons. The van der Waals surface area contributed by atoms with Crippen molar-refractivity contribution in [1.82, 2.24) is 4.57 Å². The Kier molecular flexibility index (Phi) is 5.88. The van der Waals surface area contributed by atoms with Crippen molar-refractivity contribution in [3.8, 4) is 0 Å². The lowest BCUT2D eigenvalue weighted by molar-refractivity contribution is -0.385. The van der Waals surface area contributed by atoms with Gasteiger partial charge in [-0.3, -0.25) is 19.7 Å². The zero-order valence-electron chi connectivity index (χ0n) is 16.1. The maximum Gasteiger partial charge on any atom is 0.325 e. The summed E-state index contributed by atoms with van der Waals surface area (Å²) < 4.78 is 7.20. The Morgan fingerprint density at radius 3 is 2.62 bits per heavy atom. The molecule has 3 aromatic rings. The SMILES string of the molecule is COC(=O)Cn1c(=NC(=O)c2ccccc2[N+](=O)[O-])sc2cc(C(C)C)ccc21. The molecule has 1 heterocycles. The molecule has 0 spiro atoms. The number of ether oxygens (including phenoxy) is 1. The summed E-state index contributed by atoms with van der Waals surface area (Å²) >= 11 is 1.24. The molecule has 0 saturated carbocycles. The molecule has 150 valence electrons. The second-order valence-electron chi connectivity index (χ2n) is 6.62. The summed E-state index contributed by atoms with van der Waals surface area (Å²) in [6, 6.07) is 11.5. The molecule has 1 amide bonds. The van der Waals surface area contributed by atoms with E-state index in [0.717, 1.165) is 15.8 Å². The number of esters is 1. The van der Waals surface area contributed by atoms with E-state index in [1.807, 2.05) is 18.2 Å². The average molecular weight is 413 g/mol. The van der Waals surface area contributed by atoms with Crippen LogP contribution in [0.5, 0.6) is 0 Å². The topological polar surface area (TPSA) is 104 Å². The number of hydrogen-bond donors (Lipinski definition) is 0. The molecule has 0 N–H and O–H groups in total. The van der Waals surface area contributed by atoms with Gasteiger partial charge in [0.15, 0.2) is 4.80 Å². The monoisotopic (exact) mass is 413 g/mol. The molecule has 1 aromatic heterocycles. The van der Waals surface area contributed by atoms with Gasteiger partial charge in [-0.1, -0.05) is 43.4 Å². The first-order valence-corrected chi connectivity index (χ1v) is 9.66. The van der Waals surface area contributed by atoms with E-state index in [2.05, 4.69) is 18.8 Å². The number of fused-ring (bicyclic) bond motifs is 1. The molecule has 9 heteroatoms. The Bertz CT molecular complexity index is 1180. The first kappa shape index (κ1) is 20.4. The Morgan fingerprint density at radius 1 is 1.24 bits per heavy atom. The standard InChI is InChI=1S/C20H19N3O5S/c1-12(2)13-8-9-16-17(10-13)29-20(22(16)11-18(24)28-3)21-19(25)14-6-4-5-7-15(14)23(26)27/h4-10,12H,11H2,1-3H3. The number of hydrogen-bond acceptors (Lipinski definition) is 6. The lowest BCUT2D eigenvalue weighted by Gasteiger charge is -2.06. The molecule has 3 rings (SSSR count). The first-order valence-electron chi connectivity index (χ1n) is 8.84. The van der Waals surface area contributed by atoms with Crippen LogP contribution in [0.1, 0.15) is 35.7 Å². The maximum absolute atomic E-state index is 12.7. The number of nitro benzene ring substituents is 1. The minimum absolute atomic E-state index is 0.109. The number of thiazole rings is 1. The van der Waals surface area contributed by atoms with Gasteiger partial charge in [-0.15, -0.1) is 0 Å². The molecule has 0 aliphatic heterocycles. The molecule has 0 bridgehead atoms. The van der Waals surface area contributed by atoms with Crippen LogP contribution in [-0.4, -0.2) is 28.5 Å². The van der Waals surface area contributed by atoms with Gasteiger partial charge in [0.1, 0.15) is 12.1 Å². The van der Waals surface area contributed by atoms with Gasteiger partial charge in [0.05, 0.1) is 22.2 Å². The van der Waals surface area contributed by atoms with Crippen molar-refractivity contribution >= 4 is 39.1 Å². The lowest BCUT2D eigenvalue weighted by Crippen LogP contribution is -2.22. The third-order valence-electron chi connectivity index (χ3n) is 4.42. The fraction of sp³-hybridized carbons (Fsp3) is 0.250. The number of methoxy groups -OCH3 is 1. The highest BCUT2D eigenvalue weighted by Crippen LogP contribution is 2.24. The molecule has 8 nitrogen and oxygen atoms in total. The van der Waals surface area contributed by atoms with E-state index in [9.17, 15) is 19.7 Å². The number of para-hydroxylation sites is 1. The van der Waals surface area contributed by atoms with Gasteiger partial charge in [0.2, 0.25) is 0 Å². The van der Waals surface area contributed by atoms with Crippen LogP contribution in [0.4, 0.5) is 5.69 Å². The minimum Gasteiger partial charge on any atom is -0.468 e. The van der Waals surface area contributed by atoms with Crippen molar-refractivity contribution in [2.75, 3.05) is 7.11 Å². The molecule has 2 aromatic carbocycles. The van der Waals surface area contributed by atoms with E-state index in [-0.39, 0.29) is 22.6 Å². The molecule has 0 aliphatic rings. The lowest BCUT2D eigenvalue weighted by atomic mass is 10.0. The largest absolute Gasteiger partial charge is 0.468 e. The zero-order chi connectivity index (χ0) is 21.1. The third kappa shape index (κ3) is 4.24. The number of nitro groups is 1. The fourth-order valence-corrected chi connectivity index (χ4v) is 3.92. The maximum atomic E-state index is 12.7. The van der Waals surface area contributed by atoms with Crippen LogP contribution in [0.15, 0.2) is 47.5 Å². The van der Waals surface area contributed by atoms with Gasteiger partial charge in [-0.2, -0.15) is 4.99 Å². The van der Waals surface area contributed by atoms with E-state index in [1.165, 1.54) is 42.7 Å². The van der Waals surface area contributed by atoms with E-state index in [1.54, 1.807) is 4.57 Å². The number of rotatable bonds is 5. The zero-order valence-corrected chi connectivity index (χ0v) is 16.9. The summed E-state index contributed by atoms with van der Waals surface area (Å²) in [4.78, 5) is 39.6. The Morgan fingerprint density at radius 2 is 1.97 bits per heavy atom. The highest BCUT2D eigenvalue weighted by atomic mass is 32.1. The van der Waals surface area contributed by atoms with E-state index in [0.29, 0.717) is 5.92 Å². The Balaban J connectivity index is 2.19. The molecule has 0 atom stereocenters. The number of carbonyl (C=O) groups excluding carboxylic acids is 2. The summed E-state index contributed by atoms with van der Waals surface area (Å²) in [7, 11) is 1.28. The molecule has 0 fully saturated rings. The smallest absolute Gasteiger partial charge is 0.325 e. The highest BCUT2D eigenvalue weighted by Gasteiger charge is 2.20. The van der Waals surface area contributed by atoms with Crippen LogP contribution >= 0.6 is 11.3 Å². The van der Waals surface area contributed by atoms with Gasteiger partial charge in [-0.05, 0) is 29.7 Å². The van der Waals surface area contributed by atoms with Crippen molar-refractivity contribution in [3.05, 3.63) is 68.5 Å². The summed E-state index contributed by atoms with van der Waals surface area (Å²) in [5.74, 6) is -0.923. The number of amides is 1. The van der Waals surface area contributed by atoms with Crippen molar-refractivity contribution in [2.24, 2.45) is 4.99 Å². The minimum atomic E-state index is -0.744. The molecule has 0 saturated heterocycles. The van der Waals surface area contributed by atoms with Gasteiger partial charge < -0.3 is 9.30 Å².